The van der Waals surface area contributed by atoms with Crippen molar-refractivity contribution in [3.63, 3.8) is 0 Å². The number of benzene rings is 4. The molecule has 0 unspecified atom stereocenters. The number of hydrogen-bond acceptors (Lipinski definition) is 17. The van der Waals surface area contributed by atoms with Crippen LogP contribution in [0.3, 0.4) is 0 Å². The Kier molecular flexibility index (Phi) is 30.8. The second kappa shape index (κ2) is 40.7. The summed E-state index contributed by atoms with van der Waals surface area (Å²) >= 11 is 0. The Bertz CT molecular complexity index is 4290. The number of aliphatic hydroxyl groups excluding tert-OH is 1. The molecular formula is C83H112FN14O17+. The maximum atomic E-state index is 16.3. The molecule has 10 atom stereocenters. The van der Waals surface area contributed by atoms with Gasteiger partial charge in [0.05, 0.1) is 66.9 Å². The summed E-state index contributed by atoms with van der Waals surface area (Å²) in [6.07, 6.45) is 0.534. The first kappa shape index (κ1) is 87.0. The minimum atomic E-state index is -1.86. The molecule has 2 fully saturated rings. The first-order valence-electron chi connectivity index (χ1n) is 39.9. The highest BCUT2D eigenvalue weighted by atomic mass is 19.1. The number of nitrogens with zero attached hydrogens (tertiary/aromatic N) is 5. The van der Waals surface area contributed by atoms with E-state index in [4.69, 9.17) is 18.9 Å². The van der Waals surface area contributed by atoms with Crippen LogP contribution in [0.4, 0.5) is 4.39 Å². The van der Waals surface area contributed by atoms with E-state index in [2.05, 4.69) is 47.9 Å². The number of likely N-dealkylation sites (N-methyl/N-ethyl adjacent to an activating group) is 1. The van der Waals surface area contributed by atoms with Crippen LogP contribution in [0.15, 0.2) is 97.2 Å². The summed E-state index contributed by atoms with van der Waals surface area (Å²) in [5, 5.41) is 37.0. The first-order chi connectivity index (χ1) is 55.0. The molecule has 31 nitrogen and oxygen atoms in total. The lowest BCUT2D eigenvalue weighted by Crippen LogP contribution is -2.64. The zero-order valence-electron chi connectivity index (χ0n) is 66.8. The van der Waals surface area contributed by atoms with Crippen molar-refractivity contribution in [3.8, 4) is 5.75 Å². The van der Waals surface area contributed by atoms with Crippen molar-refractivity contribution in [3.05, 3.63) is 136 Å². The number of aliphatic hydroxyl groups is 1. The van der Waals surface area contributed by atoms with Crippen LogP contribution in [0.5, 0.6) is 5.75 Å². The average molecular weight is 1600 g/mol. The summed E-state index contributed by atoms with van der Waals surface area (Å²) in [7, 11) is 7.60. The number of fused-ring (bicyclic) bond motifs is 16. The van der Waals surface area contributed by atoms with Crippen LogP contribution in [0.2, 0.25) is 0 Å². The number of hydrogen-bond donors (Lipinski definition) is 10. The fourth-order valence-electron chi connectivity index (χ4n) is 15.1. The third-order valence-corrected chi connectivity index (χ3v) is 21.8. The number of carbonyl (C=O) groups excluding carboxylic acids is 12. The van der Waals surface area contributed by atoms with Gasteiger partial charge in [-0.1, -0.05) is 73.5 Å². The monoisotopic (exact) mass is 1600 g/mol. The Morgan fingerprint density at radius 3 is 2.13 bits per heavy atom. The molecule has 0 aliphatic carbocycles. The Hall–Kier alpha value is -10.4. The largest absolute Gasteiger partial charge is 0.497 e. The number of quaternary nitrogens is 1. The molecule has 0 spiro atoms. The number of aryl methyl sites for hydroxylation is 1. The molecule has 10 N–H and O–H groups in total. The quantitative estimate of drug-likeness (QED) is 0.0523. The summed E-state index contributed by atoms with van der Waals surface area (Å²) in [6.45, 7) is 5.48. The van der Waals surface area contributed by atoms with Gasteiger partial charge in [0.15, 0.2) is 0 Å². The Balaban J connectivity index is 1.06. The van der Waals surface area contributed by atoms with Gasteiger partial charge in [-0.15, -0.1) is 0 Å². The molecule has 11 rings (SSSR count). The molecule has 12 bridgehead atoms. The summed E-state index contributed by atoms with van der Waals surface area (Å²) in [6, 6.07) is 13.8. The highest BCUT2D eigenvalue weighted by Crippen LogP contribution is 2.32. The fraction of sp³-hybridized carbons (Fsp3) is 0.542. The number of carbonyl (C=O) groups is 12. The van der Waals surface area contributed by atoms with Gasteiger partial charge in [-0.3, -0.25) is 57.5 Å². The van der Waals surface area contributed by atoms with Crippen LogP contribution in [0.25, 0.3) is 10.9 Å². The normalized spacial score (nSPS) is 24.6. The maximum Gasteiger partial charge on any atom is 0.246 e. The third kappa shape index (κ3) is 24.3. The molecule has 4 aromatic carbocycles. The number of halogens is 1. The van der Waals surface area contributed by atoms with Crippen LogP contribution < -0.4 is 52.6 Å². The van der Waals surface area contributed by atoms with Gasteiger partial charge in [0.25, 0.3) is 0 Å². The van der Waals surface area contributed by atoms with Crippen LogP contribution in [-0.4, -0.2) is 260 Å². The number of methoxy groups -OCH3 is 1. The molecule has 1 aromatic heterocycles. The summed E-state index contributed by atoms with van der Waals surface area (Å²) < 4.78 is 41.5. The Labute approximate surface area is 669 Å². The van der Waals surface area contributed by atoms with Crippen molar-refractivity contribution in [2.75, 3.05) is 101 Å². The van der Waals surface area contributed by atoms with Crippen molar-refractivity contribution in [2.24, 2.45) is 0 Å². The smallest absolute Gasteiger partial charge is 0.246 e. The molecule has 115 heavy (non-hydrogen) atoms. The molecule has 7 heterocycles. The lowest BCUT2D eigenvalue weighted by atomic mass is 9.95. The van der Waals surface area contributed by atoms with E-state index in [1.807, 2.05) is 50.0 Å². The van der Waals surface area contributed by atoms with Gasteiger partial charge in [-0.05, 0) is 123 Å². The van der Waals surface area contributed by atoms with Crippen LogP contribution in [0, 0.1) is 5.82 Å². The molecule has 12 amide bonds. The van der Waals surface area contributed by atoms with Gasteiger partial charge in [-0.25, -0.2) is 4.39 Å². The van der Waals surface area contributed by atoms with E-state index < -0.39 is 144 Å². The second-order valence-corrected chi connectivity index (χ2v) is 31.7. The van der Waals surface area contributed by atoms with Crippen molar-refractivity contribution < 1.29 is 90.5 Å². The molecular weight excluding hydrogens is 1480 g/mol. The van der Waals surface area contributed by atoms with Crippen molar-refractivity contribution >= 4 is 81.8 Å². The number of ether oxygens (including phenoxy) is 4. The molecule has 6 aliphatic rings. The summed E-state index contributed by atoms with van der Waals surface area (Å²) in [5.41, 5.74) is 2.68. The Morgan fingerprint density at radius 1 is 0.678 bits per heavy atom. The maximum absolute atomic E-state index is 16.3. The van der Waals surface area contributed by atoms with Gasteiger partial charge in [0.2, 0.25) is 70.9 Å². The predicted molar refractivity (Wildman–Crippen MR) is 421 cm³/mol. The number of rotatable bonds is 15. The topological polar surface area (TPSA) is 385 Å². The zero-order chi connectivity index (χ0) is 82.5. The molecule has 6 aliphatic heterocycles. The molecule has 622 valence electrons. The van der Waals surface area contributed by atoms with Gasteiger partial charge in [0, 0.05) is 108 Å². The summed E-state index contributed by atoms with van der Waals surface area (Å²) in [5.74, 6) is -9.34. The van der Waals surface area contributed by atoms with E-state index in [0.717, 1.165) is 22.6 Å². The van der Waals surface area contributed by atoms with E-state index >= 15 is 33.2 Å². The van der Waals surface area contributed by atoms with Crippen LogP contribution >= 0.6 is 0 Å². The van der Waals surface area contributed by atoms with E-state index in [1.165, 1.54) is 38.0 Å². The summed E-state index contributed by atoms with van der Waals surface area (Å²) in [4.78, 5) is 183. The molecule has 5 aromatic rings. The standard InChI is InChI=1S/C83H111FN14O17/c1-52-75(104)92-66(48-87-69(100)30-38-113-40-41-114-39-37-98(4,5)6)77(106)89-63-44-57-14-12-15-58(42-57)47-86-71(102)51-115-68-29-36-96-74(68)79(108)93-73(53(2)99)78(107)91-64(43-55-20-23-61(112-7)24-21-55)81(110)97-35-13-31-83(97,3)82(111)85-32-28-54-16-18-56(19-17-54)49-95(72(103)27-26-70(101)88-52)34-11-9-8-10-33-94-50-59(45-65(80(96)109)90-76(63)105)62-46-60(84)22-25-67(62)94/h12,14-25,42,46,50,52-53,63-66,68,73-74,99H,8-11,13,26-41,43-45,47-49,51H2,1-7H3,(H8-,85,86,87,88,89,90,91,92,93,100,101,102,104,105,106,107,108,111)/p+1/t52-,53+,63-,64-,65-,66+,68-,73-,74-,83-/m0/s1. The highest BCUT2D eigenvalue weighted by Gasteiger charge is 2.50. The third-order valence-electron chi connectivity index (χ3n) is 21.8. The van der Waals surface area contributed by atoms with Crippen molar-refractivity contribution in [1.82, 2.24) is 67.1 Å². The molecule has 32 heteroatoms. The van der Waals surface area contributed by atoms with Crippen molar-refractivity contribution in [1.29, 1.82) is 0 Å². The Morgan fingerprint density at radius 2 is 1.39 bits per heavy atom. The van der Waals surface area contributed by atoms with Gasteiger partial charge >= 0.3 is 0 Å². The predicted octanol–water partition coefficient (Wildman–Crippen LogP) is 1.42. The number of amides is 12. The van der Waals surface area contributed by atoms with E-state index in [9.17, 15) is 33.9 Å². The average Bonchev–Trinajstić information content (AvgIpc) is 1.67. The minimum Gasteiger partial charge on any atom is -0.497 e. The van der Waals surface area contributed by atoms with Crippen molar-refractivity contribution in [2.45, 2.75) is 190 Å². The fourth-order valence-corrected chi connectivity index (χ4v) is 15.1. The number of nitrogens with one attached hydrogen (secondary N) is 9. The molecule has 2 saturated heterocycles. The first-order valence-corrected chi connectivity index (χ1v) is 39.9. The van der Waals surface area contributed by atoms with E-state index in [1.54, 1.807) is 72.6 Å². The lowest BCUT2D eigenvalue weighted by molar-refractivity contribution is -0.870. The molecule has 0 radical (unpaired) electrons. The molecule has 0 saturated carbocycles. The van der Waals surface area contributed by atoms with E-state index in [-0.39, 0.29) is 110 Å². The second-order valence-electron chi connectivity index (χ2n) is 31.7. The van der Waals surface area contributed by atoms with Gasteiger partial charge in [0.1, 0.15) is 72.6 Å². The van der Waals surface area contributed by atoms with Gasteiger partial charge < -0.3 is 95.7 Å². The lowest BCUT2D eigenvalue weighted by Gasteiger charge is -2.37. The highest BCUT2D eigenvalue weighted by molar-refractivity contribution is 6.00. The van der Waals surface area contributed by atoms with Crippen LogP contribution in [-0.2, 0) is 117 Å². The van der Waals surface area contributed by atoms with E-state index in [0.29, 0.717) is 102 Å². The zero-order valence-corrected chi connectivity index (χ0v) is 66.8. The van der Waals surface area contributed by atoms with Gasteiger partial charge in [-0.2, -0.15) is 0 Å². The number of aromatic nitrogens is 1. The minimum absolute atomic E-state index is 0.0433. The SMILES string of the molecule is COc1ccc(C[C@@H]2NC(=O)[C@H]([C@@H](C)O)NC(=O)[C@@H]3[C@@H]4CCN3C(=O)[C@@H]3Cc5cn(c6ccc(F)cc56)CCCCCCN(Cc5ccc(cc5)CCNC(=O)[C@]5(C)CCCN5C2=O)C(=O)CCC(=O)N[C@@H](C)C(=O)N[C@H](CNC(=O)CCOCCOCC[N+](C)(C)C)C(=O)N[C@@H](Cc2cccc(c2)CNC(=O)CO4)C(=O)N3)cc1. The van der Waals surface area contributed by atoms with Crippen LogP contribution in [0.1, 0.15) is 118 Å².